The summed E-state index contributed by atoms with van der Waals surface area (Å²) >= 11 is 0. The third kappa shape index (κ3) is 5.51. The molecule has 146 valence electrons. The van der Waals surface area contributed by atoms with Crippen molar-refractivity contribution in [2.75, 3.05) is 7.11 Å². The van der Waals surface area contributed by atoms with Gasteiger partial charge in [0.15, 0.2) is 5.82 Å². The van der Waals surface area contributed by atoms with Gasteiger partial charge >= 0.3 is 0 Å². The number of hydrogen-bond acceptors (Lipinski definition) is 5. The normalized spacial score (nSPS) is 11.8. The summed E-state index contributed by atoms with van der Waals surface area (Å²) in [7, 11) is 1.57. The van der Waals surface area contributed by atoms with Gasteiger partial charge in [-0.3, -0.25) is 9.59 Å². The highest BCUT2D eigenvalue weighted by Crippen LogP contribution is 2.21. The summed E-state index contributed by atoms with van der Waals surface area (Å²) in [5, 5.41) is 3.00. The predicted octanol–water partition coefficient (Wildman–Crippen LogP) is 2.96. The first-order valence-corrected chi connectivity index (χ1v) is 8.80. The van der Waals surface area contributed by atoms with Crippen molar-refractivity contribution in [3.63, 3.8) is 0 Å². The molecule has 2 rings (SSSR count). The Hall–Kier alpha value is -3.48. The Balaban J connectivity index is 2.03. The number of ether oxygens (including phenoxy) is 1. The van der Waals surface area contributed by atoms with Crippen molar-refractivity contribution in [2.45, 2.75) is 25.8 Å². The molecule has 0 aliphatic rings. The average molecular weight is 380 g/mol. The van der Waals surface area contributed by atoms with E-state index in [2.05, 4.69) is 21.9 Å². The number of carbonyl (C=O) groups excluding carboxylic acids is 2. The van der Waals surface area contributed by atoms with Crippen LogP contribution in [0, 0.1) is 6.92 Å². The number of nitrogens with one attached hydrogen (secondary N) is 1. The second kappa shape index (κ2) is 10.0. The molecule has 1 aromatic carbocycles. The number of aromatic nitrogens is 1. The maximum absolute atomic E-state index is 12.7. The maximum Gasteiger partial charge on any atom is 0.251 e. The zero-order chi connectivity index (χ0) is 20.5. The summed E-state index contributed by atoms with van der Waals surface area (Å²) < 4.78 is 5.27. The minimum Gasteiger partial charge on any atom is -0.496 e. The lowest BCUT2D eigenvalue weighted by Crippen LogP contribution is -2.35. The quantitative estimate of drug-likeness (QED) is 0.515. The van der Waals surface area contributed by atoms with E-state index in [4.69, 9.17) is 10.5 Å². The van der Waals surface area contributed by atoms with E-state index in [1.165, 1.54) is 6.20 Å². The fourth-order valence-electron chi connectivity index (χ4n) is 2.64. The lowest BCUT2D eigenvalue weighted by molar-refractivity contribution is 0.0936. The van der Waals surface area contributed by atoms with E-state index in [-0.39, 0.29) is 11.9 Å². The molecule has 1 unspecified atom stereocenters. The van der Waals surface area contributed by atoms with Gasteiger partial charge in [-0.15, -0.1) is 6.58 Å². The Morgan fingerprint density at radius 1 is 1.32 bits per heavy atom. The second-order valence-corrected chi connectivity index (χ2v) is 6.14. The van der Waals surface area contributed by atoms with Crippen LogP contribution in [-0.2, 0) is 0 Å². The molecule has 0 radical (unpaired) electrons. The van der Waals surface area contributed by atoms with Crippen molar-refractivity contribution in [3.8, 4) is 5.75 Å². The Labute approximate surface area is 164 Å². The van der Waals surface area contributed by atoms with Crippen molar-refractivity contribution >= 4 is 23.8 Å². The van der Waals surface area contributed by atoms with Gasteiger partial charge in [-0.1, -0.05) is 12.1 Å². The van der Waals surface area contributed by atoms with Gasteiger partial charge < -0.3 is 15.8 Å². The zero-order valence-electron chi connectivity index (χ0n) is 16.0. The number of nitrogens with two attached hydrogens (primary N) is 1. The maximum atomic E-state index is 12.7. The highest BCUT2D eigenvalue weighted by atomic mass is 16.5. The van der Waals surface area contributed by atoms with Gasteiger partial charge in [-0.25, -0.2) is 9.98 Å². The van der Waals surface area contributed by atoms with Gasteiger partial charge in [0.2, 0.25) is 5.91 Å². The number of pyridine rings is 1. The van der Waals surface area contributed by atoms with Gasteiger partial charge in [-0.2, -0.15) is 0 Å². The Kier molecular flexibility index (Phi) is 7.45. The van der Waals surface area contributed by atoms with Crippen LogP contribution >= 0.6 is 0 Å². The Morgan fingerprint density at radius 2 is 2.11 bits per heavy atom. The number of rotatable bonds is 9. The molecule has 28 heavy (non-hydrogen) atoms. The molecule has 3 N–H and O–H groups in total. The summed E-state index contributed by atoms with van der Waals surface area (Å²) in [6, 6.07) is 8.37. The van der Waals surface area contributed by atoms with Crippen LogP contribution in [0.3, 0.4) is 0 Å². The molecule has 7 heteroatoms. The molecule has 1 aromatic heterocycles. The molecule has 2 amide bonds. The number of benzene rings is 1. The van der Waals surface area contributed by atoms with Crippen LogP contribution < -0.4 is 15.8 Å². The number of carbonyl (C=O) groups is 2. The van der Waals surface area contributed by atoms with E-state index < -0.39 is 5.91 Å². The first kappa shape index (κ1) is 20.8. The molecule has 0 saturated carbocycles. The fraction of sp³-hybridized carbons (Fsp3) is 0.238. The van der Waals surface area contributed by atoms with Crippen molar-refractivity contribution in [1.29, 1.82) is 0 Å². The molecule has 0 spiro atoms. The summed E-state index contributed by atoms with van der Waals surface area (Å²) in [6.45, 7) is 5.59. The molecule has 0 fully saturated rings. The summed E-state index contributed by atoms with van der Waals surface area (Å²) in [5.41, 5.74) is 6.86. The Bertz CT molecular complexity index is 876. The SMILES string of the molecule is C=CCC(CC=Nc1ccc(C(N)=O)cn1)NC(=O)c1cccc(OC)c1C. The van der Waals surface area contributed by atoms with E-state index >= 15 is 0 Å². The van der Waals surface area contributed by atoms with Gasteiger partial charge in [0.1, 0.15) is 5.75 Å². The topological polar surface area (TPSA) is 107 Å². The number of primary amides is 1. The van der Waals surface area contributed by atoms with E-state index in [1.807, 2.05) is 13.0 Å². The van der Waals surface area contributed by atoms with Crippen LogP contribution in [0.4, 0.5) is 5.82 Å². The van der Waals surface area contributed by atoms with Crippen molar-refractivity contribution in [2.24, 2.45) is 10.7 Å². The van der Waals surface area contributed by atoms with Gasteiger partial charge in [0.25, 0.3) is 5.91 Å². The molecule has 1 atom stereocenters. The lowest BCUT2D eigenvalue weighted by atomic mass is 10.1. The highest BCUT2D eigenvalue weighted by Gasteiger charge is 2.15. The smallest absolute Gasteiger partial charge is 0.251 e. The lowest BCUT2D eigenvalue weighted by Gasteiger charge is -2.17. The fourth-order valence-corrected chi connectivity index (χ4v) is 2.64. The van der Waals surface area contributed by atoms with Crippen molar-refractivity contribution in [1.82, 2.24) is 10.3 Å². The Morgan fingerprint density at radius 3 is 2.71 bits per heavy atom. The predicted molar refractivity (Wildman–Crippen MR) is 109 cm³/mol. The minimum atomic E-state index is -0.537. The summed E-state index contributed by atoms with van der Waals surface area (Å²) in [5.74, 6) is 0.405. The number of methoxy groups -OCH3 is 1. The molecule has 0 saturated heterocycles. The molecule has 0 bridgehead atoms. The van der Waals surface area contributed by atoms with E-state index in [1.54, 1.807) is 43.7 Å². The third-order valence-corrected chi connectivity index (χ3v) is 4.18. The van der Waals surface area contributed by atoms with Gasteiger partial charge in [0, 0.05) is 36.0 Å². The van der Waals surface area contributed by atoms with Crippen LogP contribution in [0.5, 0.6) is 5.75 Å². The molecule has 7 nitrogen and oxygen atoms in total. The van der Waals surface area contributed by atoms with Crippen molar-refractivity contribution < 1.29 is 14.3 Å². The molecular weight excluding hydrogens is 356 g/mol. The molecular formula is C21H24N4O3. The van der Waals surface area contributed by atoms with E-state index in [0.29, 0.717) is 35.5 Å². The van der Waals surface area contributed by atoms with Crippen LogP contribution in [0.25, 0.3) is 0 Å². The van der Waals surface area contributed by atoms with Crippen molar-refractivity contribution in [3.05, 3.63) is 65.9 Å². The number of nitrogens with zero attached hydrogens (tertiary/aromatic N) is 2. The minimum absolute atomic E-state index is 0.163. The highest BCUT2D eigenvalue weighted by molar-refractivity contribution is 5.96. The van der Waals surface area contributed by atoms with Gasteiger partial charge in [0.05, 0.1) is 12.7 Å². The molecule has 0 aliphatic carbocycles. The zero-order valence-corrected chi connectivity index (χ0v) is 16.0. The second-order valence-electron chi connectivity index (χ2n) is 6.14. The summed E-state index contributed by atoms with van der Waals surface area (Å²) in [6.07, 6.45) is 5.90. The number of amides is 2. The first-order chi connectivity index (χ1) is 13.5. The standard InChI is InChI=1S/C21H24N4O3/c1-4-6-16(11-12-23-19-10-9-15(13-24-19)20(22)26)25-21(27)17-7-5-8-18(28-3)14(17)2/h4-5,7-10,12-13,16H,1,6,11H2,2-3H3,(H2,22,26)(H,25,27). The molecule has 1 heterocycles. The average Bonchev–Trinajstić information content (AvgIpc) is 2.68. The third-order valence-electron chi connectivity index (χ3n) is 4.18. The molecule has 0 aliphatic heterocycles. The number of aliphatic imine (C=N–C) groups is 1. The van der Waals surface area contributed by atoms with Crippen LogP contribution in [0.2, 0.25) is 0 Å². The van der Waals surface area contributed by atoms with Crippen LogP contribution in [0.1, 0.15) is 39.1 Å². The van der Waals surface area contributed by atoms with Crippen LogP contribution in [0.15, 0.2) is 54.2 Å². The number of hydrogen-bond donors (Lipinski definition) is 2. The first-order valence-electron chi connectivity index (χ1n) is 8.80. The van der Waals surface area contributed by atoms with Gasteiger partial charge in [-0.05, 0) is 37.6 Å². The summed E-state index contributed by atoms with van der Waals surface area (Å²) in [4.78, 5) is 32.0. The largest absolute Gasteiger partial charge is 0.496 e. The van der Waals surface area contributed by atoms with Crippen LogP contribution in [-0.4, -0.2) is 36.2 Å². The molecule has 2 aromatic rings. The van der Waals surface area contributed by atoms with E-state index in [0.717, 1.165) is 5.56 Å². The van der Waals surface area contributed by atoms with E-state index in [9.17, 15) is 9.59 Å². The monoisotopic (exact) mass is 380 g/mol.